The predicted octanol–water partition coefficient (Wildman–Crippen LogP) is 2.75. The van der Waals surface area contributed by atoms with Crippen LogP contribution in [0.3, 0.4) is 0 Å². The maximum atomic E-state index is 13.2. The van der Waals surface area contributed by atoms with E-state index in [4.69, 9.17) is 9.47 Å². The monoisotopic (exact) mass is 548 g/mol. The van der Waals surface area contributed by atoms with E-state index in [9.17, 15) is 33.2 Å². The minimum absolute atomic E-state index is 0.0285. The summed E-state index contributed by atoms with van der Waals surface area (Å²) in [5.74, 6) is -0.842. The number of ether oxygens (including phenoxy) is 2. The van der Waals surface area contributed by atoms with Gasteiger partial charge in [0.2, 0.25) is 10.0 Å². The Morgan fingerprint density at radius 3 is 2.53 bits per heavy atom. The number of nitro benzene ring substituents is 1. The van der Waals surface area contributed by atoms with E-state index in [1.165, 1.54) is 69.5 Å². The summed E-state index contributed by atoms with van der Waals surface area (Å²) in [5, 5.41) is 23.7. The number of hydrogen-bond donors (Lipinski definition) is 2. The van der Waals surface area contributed by atoms with Gasteiger partial charge in [-0.05, 0) is 31.0 Å². The fraction of sp³-hybridized carbons (Fsp3) is 0.333. The number of carboxylic acids is 1. The molecule has 1 aliphatic heterocycles. The molecule has 2 N–H and O–H groups in total. The molecule has 0 aromatic heterocycles. The lowest BCUT2D eigenvalue weighted by Crippen LogP contribution is -2.49. The van der Waals surface area contributed by atoms with Crippen molar-refractivity contribution in [2.24, 2.45) is 0 Å². The molecule has 13 nitrogen and oxygen atoms in total. The van der Waals surface area contributed by atoms with Crippen molar-refractivity contribution in [3.63, 3.8) is 0 Å². The normalized spacial score (nSPS) is 15.9. The van der Waals surface area contributed by atoms with E-state index in [-0.39, 0.29) is 52.7 Å². The number of amides is 2. The summed E-state index contributed by atoms with van der Waals surface area (Å²) in [4.78, 5) is 36.9. The van der Waals surface area contributed by atoms with Gasteiger partial charge in [0.15, 0.2) is 0 Å². The fourth-order valence-corrected chi connectivity index (χ4v) is 5.55. The number of sulfonamides is 1. The van der Waals surface area contributed by atoms with Gasteiger partial charge in [-0.25, -0.2) is 22.3 Å². The van der Waals surface area contributed by atoms with Gasteiger partial charge in [0.25, 0.3) is 5.69 Å². The molecule has 2 aromatic rings. The first-order valence-corrected chi connectivity index (χ1v) is 12.8. The summed E-state index contributed by atoms with van der Waals surface area (Å²) in [6, 6.07) is 8.05. The van der Waals surface area contributed by atoms with Crippen LogP contribution in [0.25, 0.3) is 0 Å². The third kappa shape index (κ3) is 5.70. The van der Waals surface area contributed by atoms with Crippen molar-refractivity contribution in [3.8, 4) is 11.5 Å². The number of hydrogen-bond acceptors (Lipinski definition) is 8. The van der Waals surface area contributed by atoms with Crippen LogP contribution in [0.15, 0.2) is 58.6 Å². The average Bonchev–Trinajstić information content (AvgIpc) is 2.88. The van der Waals surface area contributed by atoms with E-state index in [2.05, 4.69) is 5.32 Å². The molecule has 1 atom stereocenters. The molecule has 1 heterocycles. The Balaban J connectivity index is 1.88. The lowest BCUT2D eigenvalue weighted by Gasteiger charge is -2.37. The fourth-order valence-electron chi connectivity index (χ4n) is 4.18. The van der Waals surface area contributed by atoms with Crippen LogP contribution in [0.2, 0.25) is 0 Å². The molecular weight excluding hydrogens is 520 g/mol. The van der Waals surface area contributed by atoms with E-state index in [1.54, 1.807) is 6.07 Å². The number of benzene rings is 2. The number of rotatable bonds is 11. The average molecular weight is 549 g/mol. The van der Waals surface area contributed by atoms with Crippen molar-refractivity contribution >= 4 is 27.7 Å². The Bertz CT molecular complexity index is 1390. The minimum atomic E-state index is -4.01. The number of allylic oxidation sites excluding steroid dienone is 1. The largest absolute Gasteiger partial charge is 0.497 e. The first-order chi connectivity index (χ1) is 17.9. The first kappa shape index (κ1) is 28.4. The summed E-state index contributed by atoms with van der Waals surface area (Å²) in [6.45, 7) is 1.36. The van der Waals surface area contributed by atoms with Crippen molar-refractivity contribution in [2.45, 2.75) is 24.3 Å². The molecule has 0 radical (unpaired) electrons. The SMILES string of the molecule is COc1ccc(OC)c(S(=O)(=O)N(C)CCCN2C(=O)NC(C)=C(C(=O)O)C2c2cccc([N+](=O)[O-])c2)c1. The Labute approximate surface area is 219 Å². The van der Waals surface area contributed by atoms with E-state index < -0.39 is 33.0 Å². The van der Waals surface area contributed by atoms with Crippen molar-refractivity contribution in [1.82, 2.24) is 14.5 Å². The van der Waals surface area contributed by atoms with Crippen molar-refractivity contribution < 1.29 is 37.5 Å². The summed E-state index contributed by atoms with van der Waals surface area (Å²) in [5.41, 5.74) is -0.0472. The number of aliphatic carboxylic acids is 1. The third-order valence-electron chi connectivity index (χ3n) is 6.10. The Morgan fingerprint density at radius 2 is 1.92 bits per heavy atom. The second-order valence-electron chi connectivity index (χ2n) is 8.42. The highest BCUT2D eigenvalue weighted by atomic mass is 32.2. The molecule has 1 unspecified atom stereocenters. The van der Waals surface area contributed by atoms with Crippen LogP contribution in [0.4, 0.5) is 10.5 Å². The topological polar surface area (TPSA) is 169 Å². The second kappa shape index (κ2) is 11.5. The summed E-state index contributed by atoms with van der Waals surface area (Å²) in [7, 11) is 0.111. The van der Waals surface area contributed by atoms with Gasteiger partial charge in [-0.15, -0.1) is 0 Å². The first-order valence-electron chi connectivity index (χ1n) is 11.4. The molecule has 38 heavy (non-hydrogen) atoms. The van der Waals surface area contributed by atoms with Gasteiger partial charge in [-0.3, -0.25) is 10.1 Å². The zero-order chi connectivity index (χ0) is 28.2. The van der Waals surface area contributed by atoms with Crippen molar-refractivity contribution in [2.75, 3.05) is 34.4 Å². The van der Waals surface area contributed by atoms with Gasteiger partial charge in [-0.1, -0.05) is 12.1 Å². The van der Waals surface area contributed by atoms with Gasteiger partial charge in [0.1, 0.15) is 16.4 Å². The van der Waals surface area contributed by atoms with Crippen LogP contribution >= 0.6 is 0 Å². The zero-order valence-corrected chi connectivity index (χ0v) is 22.0. The maximum absolute atomic E-state index is 13.2. The highest BCUT2D eigenvalue weighted by molar-refractivity contribution is 7.89. The standard InChI is InChI=1S/C24H28N4O9S/c1-15-21(23(29)30)22(16-7-5-8-17(13-16)28(32)33)27(24(31)25-15)12-6-11-26(2)38(34,35)20-14-18(36-3)9-10-19(20)37-4/h5,7-10,13-14,22H,6,11-12H2,1-4H3,(H,25,31)(H,29,30). The van der Waals surface area contributed by atoms with E-state index in [0.717, 1.165) is 4.31 Å². The number of non-ortho nitro benzene ring substituents is 1. The molecule has 0 fully saturated rings. The number of nitro groups is 1. The molecule has 0 saturated carbocycles. The predicted molar refractivity (Wildman–Crippen MR) is 135 cm³/mol. The lowest BCUT2D eigenvalue weighted by molar-refractivity contribution is -0.384. The zero-order valence-electron chi connectivity index (χ0n) is 21.2. The summed E-state index contributed by atoms with van der Waals surface area (Å²) in [6.07, 6.45) is 0.132. The number of nitrogens with one attached hydrogen (secondary N) is 1. The minimum Gasteiger partial charge on any atom is -0.497 e. The Kier molecular flexibility index (Phi) is 8.58. The number of carbonyl (C=O) groups is 2. The van der Waals surface area contributed by atoms with Gasteiger partial charge in [0.05, 0.1) is 30.8 Å². The number of nitrogens with zero attached hydrogens (tertiary/aromatic N) is 3. The van der Waals surface area contributed by atoms with Crippen LogP contribution in [0.1, 0.15) is 24.9 Å². The van der Waals surface area contributed by atoms with E-state index in [0.29, 0.717) is 5.75 Å². The lowest BCUT2D eigenvalue weighted by atomic mass is 9.93. The van der Waals surface area contributed by atoms with Gasteiger partial charge < -0.3 is 24.8 Å². The Morgan fingerprint density at radius 1 is 1.21 bits per heavy atom. The summed E-state index contributed by atoms with van der Waals surface area (Å²) >= 11 is 0. The molecule has 204 valence electrons. The number of carbonyl (C=O) groups excluding carboxylic acids is 1. The van der Waals surface area contributed by atoms with E-state index >= 15 is 0 Å². The van der Waals surface area contributed by atoms with Crippen LogP contribution in [0, 0.1) is 10.1 Å². The van der Waals surface area contributed by atoms with Crippen LogP contribution < -0.4 is 14.8 Å². The molecule has 0 saturated heterocycles. The molecular formula is C24H28N4O9S. The number of urea groups is 1. The van der Waals surface area contributed by atoms with Crippen LogP contribution in [-0.4, -0.2) is 74.0 Å². The molecule has 0 aliphatic carbocycles. The van der Waals surface area contributed by atoms with Gasteiger partial charge >= 0.3 is 12.0 Å². The molecule has 0 bridgehead atoms. The van der Waals surface area contributed by atoms with Crippen molar-refractivity contribution in [1.29, 1.82) is 0 Å². The summed E-state index contributed by atoms with van der Waals surface area (Å²) < 4.78 is 37.9. The highest BCUT2D eigenvalue weighted by Crippen LogP contribution is 2.35. The van der Waals surface area contributed by atoms with Crippen LogP contribution in [0.5, 0.6) is 11.5 Å². The molecule has 3 rings (SSSR count). The van der Waals surface area contributed by atoms with Crippen molar-refractivity contribution in [3.05, 3.63) is 69.4 Å². The third-order valence-corrected chi connectivity index (χ3v) is 7.98. The quantitative estimate of drug-likeness (QED) is 0.317. The van der Waals surface area contributed by atoms with Gasteiger partial charge in [-0.2, -0.15) is 0 Å². The molecule has 2 amide bonds. The second-order valence-corrected chi connectivity index (χ2v) is 10.4. The molecule has 2 aromatic carbocycles. The van der Waals surface area contributed by atoms with E-state index in [1.807, 2.05) is 0 Å². The maximum Gasteiger partial charge on any atom is 0.335 e. The molecule has 1 aliphatic rings. The number of carboxylic acid groups (broad SMARTS) is 1. The Hall–Kier alpha value is -4.17. The highest BCUT2D eigenvalue weighted by Gasteiger charge is 2.38. The molecule has 0 spiro atoms. The number of methoxy groups -OCH3 is 2. The van der Waals surface area contributed by atoms with Gasteiger partial charge in [0, 0.05) is 44.0 Å². The molecule has 14 heteroatoms. The smallest absolute Gasteiger partial charge is 0.335 e. The van der Waals surface area contributed by atoms with Crippen LogP contribution in [-0.2, 0) is 14.8 Å².